The van der Waals surface area contributed by atoms with E-state index >= 15 is 0 Å². The van der Waals surface area contributed by atoms with Crippen LogP contribution < -0.4 is 0 Å². The zero-order chi connectivity index (χ0) is 8.55. The van der Waals surface area contributed by atoms with Crippen molar-refractivity contribution in [3.8, 4) is 0 Å². The monoisotopic (exact) mass is 194 g/mol. The third kappa shape index (κ3) is 1.17. The van der Waals surface area contributed by atoms with Crippen LogP contribution in [0.5, 0.6) is 0 Å². The van der Waals surface area contributed by atoms with Gasteiger partial charge in [-0.15, -0.1) is 0 Å². The van der Waals surface area contributed by atoms with E-state index in [2.05, 4.69) is 12.1 Å². The van der Waals surface area contributed by atoms with Crippen molar-refractivity contribution in [1.29, 1.82) is 0 Å². The smallest absolute Gasteiger partial charge is 0.0578 e. The first-order chi connectivity index (χ1) is 5.79. The maximum atomic E-state index is 5.93. The Bertz CT molecular complexity index is 384. The number of benzene rings is 2. The second kappa shape index (κ2) is 2.96. The normalized spacial score (nSPS) is 10.5. The van der Waals surface area contributed by atoms with E-state index in [1.807, 2.05) is 12.1 Å². The molecule has 0 N–H and O–H groups in total. The van der Waals surface area contributed by atoms with Gasteiger partial charge in [0.1, 0.15) is 0 Å². The van der Waals surface area contributed by atoms with Crippen molar-refractivity contribution in [3.05, 3.63) is 46.4 Å². The largest absolute Gasteiger partial charge is 0.0836 e. The molecule has 0 unspecified atom stereocenters. The van der Waals surface area contributed by atoms with Crippen LogP contribution in [0.4, 0.5) is 0 Å². The summed E-state index contributed by atoms with van der Waals surface area (Å²) >= 11 is 11.8. The average molecular weight is 195 g/mol. The van der Waals surface area contributed by atoms with Gasteiger partial charge in [0.2, 0.25) is 0 Å². The highest BCUT2D eigenvalue weighted by atomic mass is 35.5. The molecule has 2 radical (unpaired) electrons. The van der Waals surface area contributed by atoms with Crippen molar-refractivity contribution in [2.75, 3.05) is 0 Å². The molecule has 0 spiro atoms. The predicted molar refractivity (Wildman–Crippen MR) is 51.6 cm³/mol. The molecule has 0 bridgehead atoms. The lowest BCUT2D eigenvalue weighted by Crippen LogP contribution is -1.75. The molecule has 0 aromatic heterocycles. The highest BCUT2D eigenvalue weighted by Crippen LogP contribution is 2.29. The molecule has 58 valence electrons. The van der Waals surface area contributed by atoms with Gasteiger partial charge in [0.05, 0.1) is 10.0 Å². The molecule has 2 rings (SSSR count). The Kier molecular flexibility index (Phi) is 1.95. The number of hydrogen-bond acceptors (Lipinski definition) is 0. The third-order valence-electron chi connectivity index (χ3n) is 1.67. The summed E-state index contributed by atoms with van der Waals surface area (Å²) in [5.74, 6) is 0. The van der Waals surface area contributed by atoms with E-state index in [0.717, 1.165) is 10.8 Å². The highest BCUT2D eigenvalue weighted by Gasteiger charge is 2.01. The number of hydrogen-bond donors (Lipinski definition) is 0. The summed E-state index contributed by atoms with van der Waals surface area (Å²) in [5, 5.41) is 3.02. The summed E-state index contributed by atoms with van der Waals surface area (Å²) in [6, 6.07) is 13.0. The van der Waals surface area contributed by atoms with Gasteiger partial charge in [0, 0.05) is 11.5 Å². The summed E-state index contributed by atoms with van der Waals surface area (Å²) in [6.45, 7) is 0. The van der Waals surface area contributed by atoms with Crippen molar-refractivity contribution in [3.63, 3.8) is 0 Å². The fourth-order valence-corrected chi connectivity index (χ4v) is 1.72. The van der Waals surface area contributed by atoms with Gasteiger partial charge in [0.25, 0.3) is 0 Å². The average Bonchev–Trinajstić information content (AvgIpc) is 2.04. The number of halogens is 2. The molecule has 0 aliphatic heterocycles. The van der Waals surface area contributed by atoms with Gasteiger partial charge in [-0.05, 0) is 23.6 Å². The van der Waals surface area contributed by atoms with Crippen LogP contribution in [0.3, 0.4) is 0 Å². The number of rotatable bonds is 0. The Balaban J connectivity index is 2.96. The van der Waals surface area contributed by atoms with Crippen LogP contribution in [-0.4, -0.2) is 0 Å². The fraction of sp³-hybridized carbons (Fsp3) is 0. The lowest BCUT2D eigenvalue weighted by molar-refractivity contribution is 1.72. The molecule has 0 saturated heterocycles. The van der Waals surface area contributed by atoms with Gasteiger partial charge in [-0.25, -0.2) is 0 Å². The molecule has 0 fully saturated rings. The summed E-state index contributed by atoms with van der Waals surface area (Å²) in [4.78, 5) is 0. The predicted octanol–water partition coefficient (Wildman–Crippen LogP) is 3.75. The first-order valence-electron chi connectivity index (χ1n) is 3.44. The SMILES string of the molecule is Clc1[c]ccc2c[c]cc(Cl)c12. The standard InChI is InChI=1S/C10H4Cl2/c11-8-5-1-3-7-4-2-6-9(12)10(7)8/h1,3-4,6H. The molecular formula is C10H4Cl2. The zero-order valence-electron chi connectivity index (χ0n) is 6.07. The van der Waals surface area contributed by atoms with E-state index < -0.39 is 0 Å². The van der Waals surface area contributed by atoms with Gasteiger partial charge in [-0.1, -0.05) is 35.3 Å². The van der Waals surface area contributed by atoms with Gasteiger partial charge >= 0.3 is 0 Å². The topological polar surface area (TPSA) is 0 Å². The minimum atomic E-state index is 0.562. The first-order valence-corrected chi connectivity index (χ1v) is 4.20. The van der Waals surface area contributed by atoms with E-state index in [4.69, 9.17) is 23.2 Å². The van der Waals surface area contributed by atoms with Gasteiger partial charge in [0.15, 0.2) is 0 Å². The Hall–Kier alpha value is -0.720. The van der Waals surface area contributed by atoms with Crippen LogP contribution in [-0.2, 0) is 0 Å². The van der Waals surface area contributed by atoms with Crippen molar-refractivity contribution >= 4 is 34.0 Å². The van der Waals surface area contributed by atoms with Crippen LogP contribution >= 0.6 is 23.2 Å². The van der Waals surface area contributed by atoms with E-state index in [1.165, 1.54) is 0 Å². The molecule has 2 heteroatoms. The third-order valence-corrected chi connectivity index (χ3v) is 2.27. The zero-order valence-corrected chi connectivity index (χ0v) is 7.58. The molecule has 0 saturated carbocycles. The van der Waals surface area contributed by atoms with Crippen molar-refractivity contribution in [1.82, 2.24) is 0 Å². The molecule has 2 aromatic rings. The summed E-state index contributed by atoms with van der Waals surface area (Å²) < 4.78 is 0. The lowest BCUT2D eigenvalue weighted by Gasteiger charge is -2.00. The Morgan fingerprint density at radius 1 is 1.17 bits per heavy atom. The molecule has 0 heterocycles. The molecule has 0 amide bonds. The van der Waals surface area contributed by atoms with Crippen LogP contribution in [0.1, 0.15) is 0 Å². The first kappa shape index (κ1) is 7.90. The molecule has 2 aromatic carbocycles. The van der Waals surface area contributed by atoms with Crippen molar-refractivity contribution < 1.29 is 0 Å². The minimum Gasteiger partial charge on any atom is -0.0836 e. The molecule has 0 aliphatic carbocycles. The van der Waals surface area contributed by atoms with E-state index in [1.54, 1.807) is 12.1 Å². The second-order valence-electron chi connectivity index (χ2n) is 2.43. The van der Waals surface area contributed by atoms with E-state index in [-0.39, 0.29) is 0 Å². The maximum absolute atomic E-state index is 5.93. The summed E-state index contributed by atoms with van der Waals surface area (Å²) in [7, 11) is 0. The molecule has 0 atom stereocenters. The van der Waals surface area contributed by atoms with E-state index in [9.17, 15) is 0 Å². The van der Waals surface area contributed by atoms with Gasteiger partial charge < -0.3 is 0 Å². The summed E-state index contributed by atoms with van der Waals surface area (Å²) in [5.41, 5.74) is 0. The quantitative estimate of drug-likeness (QED) is 0.600. The molecule has 0 aliphatic rings. The lowest BCUT2D eigenvalue weighted by atomic mass is 10.1. The minimum absolute atomic E-state index is 0.562. The van der Waals surface area contributed by atoms with Crippen LogP contribution in [0.15, 0.2) is 24.3 Å². The van der Waals surface area contributed by atoms with Crippen molar-refractivity contribution in [2.24, 2.45) is 0 Å². The Morgan fingerprint density at radius 2 is 2.00 bits per heavy atom. The Labute approximate surface area is 80.7 Å². The van der Waals surface area contributed by atoms with Crippen LogP contribution in [0.2, 0.25) is 10.0 Å². The number of fused-ring (bicyclic) bond motifs is 1. The van der Waals surface area contributed by atoms with Gasteiger partial charge in [-0.2, -0.15) is 0 Å². The van der Waals surface area contributed by atoms with Crippen LogP contribution in [0, 0.1) is 12.1 Å². The molecule has 12 heavy (non-hydrogen) atoms. The molecule has 0 nitrogen and oxygen atoms in total. The summed E-state index contributed by atoms with van der Waals surface area (Å²) in [6.07, 6.45) is 0. The van der Waals surface area contributed by atoms with Crippen LogP contribution in [0.25, 0.3) is 10.8 Å². The van der Waals surface area contributed by atoms with Crippen molar-refractivity contribution in [2.45, 2.75) is 0 Å². The van der Waals surface area contributed by atoms with Gasteiger partial charge in [-0.3, -0.25) is 0 Å². The maximum Gasteiger partial charge on any atom is 0.0578 e. The highest BCUT2D eigenvalue weighted by molar-refractivity contribution is 6.42. The Morgan fingerprint density at radius 3 is 2.75 bits per heavy atom. The van der Waals surface area contributed by atoms with E-state index in [0.29, 0.717) is 10.0 Å². The fourth-order valence-electron chi connectivity index (χ4n) is 1.13. The molecular weight excluding hydrogens is 191 g/mol. The second-order valence-corrected chi connectivity index (χ2v) is 3.21.